The summed E-state index contributed by atoms with van der Waals surface area (Å²) < 4.78 is 118. The molecular weight excluding hydrogens is 1530 g/mol. The Morgan fingerprint density at radius 1 is 0.420 bits per heavy atom. The first-order valence-corrected chi connectivity index (χ1v) is 43.0. The molecule has 0 heterocycles. The molecule has 652 valence electrons. The van der Waals surface area contributed by atoms with Crippen LogP contribution in [0.3, 0.4) is 0 Å². The number of benzene rings is 1. The molecule has 0 aliphatic heterocycles. The average Bonchev–Trinajstić information content (AvgIpc) is 0.868. The number of ether oxygens (including phenoxy) is 5. The van der Waals surface area contributed by atoms with Crippen LogP contribution in [0.25, 0.3) is 0 Å². The fourth-order valence-electron chi connectivity index (χ4n) is 7.26. The van der Waals surface area contributed by atoms with E-state index in [9.17, 15) is 77.5 Å². The van der Waals surface area contributed by atoms with Gasteiger partial charge in [-0.2, -0.15) is 8.42 Å². The summed E-state index contributed by atoms with van der Waals surface area (Å²) in [6.07, 6.45) is 11.6. The van der Waals surface area contributed by atoms with Gasteiger partial charge in [0.15, 0.2) is 0 Å². The molecule has 5 N–H and O–H groups in total. The molecule has 0 aliphatic carbocycles. The minimum absolute atomic E-state index is 0. The van der Waals surface area contributed by atoms with Gasteiger partial charge >= 0.3 is 94.9 Å². The Labute approximate surface area is 723 Å². The minimum Gasteiger partial charge on any atom is -0.748 e. The van der Waals surface area contributed by atoms with E-state index in [1.165, 1.54) is 68.3 Å². The second-order valence-corrected chi connectivity index (χ2v) is 36.8. The Bertz CT molecular complexity index is 2920. The first kappa shape index (κ1) is 129. The minimum atomic E-state index is -4.32. The van der Waals surface area contributed by atoms with Crippen LogP contribution in [0.15, 0.2) is 30.3 Å². The van der Waals surface area contributed by atoms with Crippen molar-refractivity contribution in [3.8, 4) is 0 Å². The van der Waals surface area contributed by atoms with Crippen molar-refractivity contribution in [2.24, 2.45) is 56.7 Å². The maximum atomic E-state index is 11.6. The molecule has 0 bridgehead atoms. The predicted molar refractivity (Wildman–Crippen MR) is 435 cm³/mol. The van der Waals surface area contributed by atoms with Gasteiger partial charge in [-0.1, -0.05) is 153 Å². The molecule has 1 aromatic rings. The number of aliphatic carboxylic acids is 1. The van der Waals surface area contributed by atoms with Crippen molar-refractivity contribution in [1.82, 2.24) is 16.0 Å². The third kappa shape index (κ3) is 71.5. The van der Waals surface area contributed by atoms with Crippen molar-refractivity contribution < 1.29 is 170 Å². The topological polar surface area (TPSA) is 425 Å². The fourth-order valence-corrected chi connectivity index (χ4v) is 10.2. The summed E-state index contributed by atoms with van der Waals surface area (Å²) in [6, 6.07) is 9.72. The van der Waals surface area contributed by atoms with E-state index >= 15 is 0 Å². The number of nitrogens with one attached hydrogen (secondary N) is 3. The summed E-state index contributed by atoms with van der Waals surface area (Å²) in [4.78, 5) is 100. The fraction of sp³-hybridized carbons (Fsp3) is 0.812. The molecule has 0 radical (unpaired) electrons. The number of hydrogen-bond donors (Lipinski definition) is 5. The molecule has 0 saturated heterocycles. The second-order valence-electron chi connectivity index (χ2n) is 32.6. The van der Waals surface area contributed by atoms with Crippen LogP contribution in [-0.2, 0) is 104 Å². The molecule has 112 heavy (non-hydrogen) atoms. The SMILES string of the molecule is CCC(C)(C)C(=O)O.CCC(C)(C)C(=O)OC.CCC(C)(C)C(=O)OC.CCC(C)(C)C(=O)OC.CCC(C)(C)C(=O)OCc1ccccc1.CCC(C)C(=O)NC(C)(C)CS(=O)(=O)O.CCC(C)C(=O)NC(C)(C)CS(=O)(=O)[O-].CCC(C)C(=O)NC(C)(C)CS(=O)(=O)[O-].CCCCC(CC)COC(=O)C(C)CC.[Na+].[Na+]. The molecular formula is C80H153N3Na2O24S3. The number of methoxy groups -OCH3 is 3. The van der Waals surface area contributed by atoms with Crippen molar-refractivity contribution in [3.05, 3.63) is 35.9 Å². The number of unbranched alkanes of at least 4 members (excludes halogenated alkanes) is 1. The van der Waals surface area contributed by atoms with Crippen LogP contribution in [0.2, 0.25) is 0 Å². The maximum absolute atomic E-state index is 11.6. The summed E-state index contributed by atoms with van der Waals surface area (Å²) in [5, 5.41) is 16.1. The first-order valence-electron chi connectivity index (χ1n) is 38.2. The molecule has 0 aromatic heterocycles. The quantitative estimate of drug-likeness (QED) is 0.0183. The largest absolute Gasteiger partial charge is 1.00 e. The van der Waals surface area contributed by atoms with Gasteiger partial charge in [-0.15, -0.1) is 0 Å². The van der Waals surface area contributed by atoms with Gasteiger partial charge < -0.3 is 53.8 Å². The molecule has 5 atom stereocenters. The van der Waals surface area contributed by atoms with Crippen molar-refractivity contribution in [3.63, 3.8) is 0 Å². The molecule has 3 amide bonds. The maximum Gasteiger partial charge on any atom is 1.00 e. The number of carboxylic acids is 1. The molecule has 0 aliphatic rings. The Balaban J connectivity index is -0.000000132. The van der Waals surface area contributed by atoms with Gasteiger partial charge in [0.2, 0.25) is 17.7 Å². The third-order valence-electron chi connectivity index (χ3n) is 18.2. The summed E-state index contributed by atoms with van der Waals surface area (Å²) in [7, 11) is -8.47. The molecule has 1 rings (SSSR count). The molecule has 27 nitrogen and oxygen atoms in total. The number of carbonyl (C=O) groups excluding carboxylic acids is 8. The molecule has 0 fully saturated rings. The number of esters is 5. The number of amides is 3. The Morgan fingerprint density at radius 3 is 0.902 bits per heavy atom. The van der Waals surface area contributed by atoms with Crippen molar-refractivity contribution in [2.45, 2.75) is 321 Å². The average molecular weight is 1680 g/mol. The van der Waals surface area contributed by atoms with E-state index in [0.29, 0.717) is 44.8 Å². The number of carbonyl (C=O) groups is 9. The number of rotatable bonds is 35. The standard InChI is InChI=1S/C13H18O2.C13H26O2.3C9H19NO4S.3C7H14O2.C6H12O2.2Na/c1-4-13(2,3)12(14)15-10-11-8-6-5-7-9-11;1-5-8-9-12(7-3)10-15-13(14)11(4)6-2;3*1-5-7(2)8(11)10-9(3,4)6-15(12,13)14;3*1-5-7(2,3)6(8)9-4;1-4-6(2,3)5(7)8;;/h5-9H,4,10H2,1-3H3;11-12H,5-10H2,1-4H3;3*7H,5-6H2,1-4H3,(H,10,11)(H,12,13,14);3*5H2,1-4H3;4H2,1-3H3,(H,7,8);;/q;;;;;;;;;2*+1/p-2. The van der Waals surface area contributed by atoms with Crippen LogP contribution >= 0.6 is 0 Å². The van der Waals surface area contributed by atoms with Crippen LogP contribution in [0.1, 0.15) is 304 Å². The molecule has 0 spiro atoms. The zero-order chi connectivity index (χ0) is 89.1. The van der Waals surface area contributed by atoms with Crippen LogP contribution in [0.4, 0.5) is 0 Å². The van der Waals surface area contributed by atoms with E-state index in [1.807, 2.05) is 155 Å². The predicted octanol–water partition coefficient (Wildman–Crippen LogP) is 9.02. The van der Waals surface area contributed by atoms with Crippen LogP contribution in [-0.4, -0.2) is 159 Å². The summed E-state index contributed by atoms with van der Waals surface area (Å²) in [6.45, 7) is 57.6. The second kappa shape index (κ2) is 63.3. The zero-order valence-corrected chi connectivity index (χ0v) is 82.6. The van der Waals surface area contributed by atoms with Gasteiger partial charge in [0.1, 0.15) is 6.61 Å². The van der Waals surface area contributed by atoms with Gasteiger partial charge in [-0.25, -0.2) is 16.8 Å². The van der Waals surface area contributed by atoms with Gasteiger partial charge in [0, 0.05) is 28.8 Å². The van der Waals surface area contributed by atoms with E-state index < -0.39 is 75.6 Å². The number of carboxylic acid groups (broad SMARTS) is 1. The van der Waals surface area contributed by atoms with Crippen LogP contribution < -0.4 is 75.1 Å². The van der Waals surface area contributed by atoms with Crippen molar-refractivity contribution >= 4 is 83.9 Å². The Kier molecular flexibility index (Phi) is 72.8. The Hall–Kier alpha value is -3.82. The van der Waals surface area contributed by atoms with E-state index in [0.717, 1.165) is 44.1 Å². The van der Waals surface area contributed by atoms with Crippen molar-refractivity contribution in [2.75, 3.05) is 45.2 Å². The van der Waals surface area contributed by atoms with Gasteiger partial charge in [-0.3, -0.25) is 47.7 Å². The normalized spacial score (nSPS) is 12.9. The molecule has 5 unspecified atom stereocenters. The summed E-state index contributed by atoms with van der Waals surface area (Å²) in [5.74, 6) is -3.55. The number of hydrogen-bond acceptors (Lipinski definition) is 22. The summed E-state index contributed by atoms with van der Waals surface area (Å²) >= 11 is 0. The van der Waals surface area contributed by atoms with E-state index in [4.69, 9.17) is 19.1 Å². The van der Waals surface area contributed by atoms with Crippen LogP contribution in [0, 0.1) is 56.7 Å². The zero-order valence-electron chi connectivity index (χ0n) is 76.1. The monoisotopic (exact) mass is 1680 g/mol. The van der Waals surface area contributed by atoms with E-state index in [2.05, 4.69) is 44.0 Å². The van der Waals surface area contributed by atoms with Gasteiger partial charge in [0.25, 0.3) is 10.1 Å². The van der Waals surface area contributed by atoms with E-state index in [-0.39, 0.29) is 152 Å². The molecule has 0 saturated carbocycles. The summed E-state index contributed by atoms with van der Waals surface area (Å²) in [5.41, 5.74) is -3.80. The van der Waals surface area contributed by atoms with Crippen LogP contribution in [0.5, 0.6) is 0 Å². The Morgan fingerprint density at radius 2 is 0.696 bits per heavy atom. The van der Waals surface area contributed by atoms with Gasteiger partial charge in [-0.05, 0) is 186 Å². The molecule has 32 heteroatoms. The third-order valence-corrected chi connectivity index (χ3v) is 21.4. The smallest absolute Gasteiger partial charge is 0.748 e. The van der Waals surface area contributed by atoms with E-state index in [1.54, 1.807) is 48.5 Å². The molecule has 1 aromatic carbocycles. The first-order chi connectivity index (χ1) is 49.6. The van der Waals surface area contributed by atoms with Crippen molar-refractivity contribution in [1.29, 1.82) is 0 Å². The van der Waals surface area contributed by atoms with Gasteiger partial charge in [0.05, 0.1) is 104 Å².